The van der Waals surface area contributed by atoms with Crippen molar-refractivity contribution in [1.29, 1.82) is 0 Å². The third-order valence-corrected chi connectivity index (χ3v) is 6.58. The minimum Gasteiger partial charge on any atom is -0.493 e. The Kier molecular flexibility index (Phi) is 7.62. The van der Waals surface area contributed by atoms with Crippen LogP contribution in [0.4, 0.5) is 4.79 Å². The van der Waals surface area contributed by atoms with Gasteiger partial charge in [-0.15, -0.1) is 0 Å². The largest absolute Gasteiger partial charge is 0.493 e. The maximum absolute atomic E-state index is 12.9. The maximum Gasteiger partial charge on any atom is 0.341 e. The van der Waals surface area contributed by atoms with Crippen molar-refractivity contribution in [2.24, 2.45) is 0 Å². The first-order valence-corrected chi connectivity index (χ1v) is 12.1. The van der Waals surface area contributed by atoms with Gasteiger partial charge in [-0.1, -0.05) is 36.4 Å². The summed E-state index contributed by atoms with van der Waals surface area (Å²) in [5.74, 6) is -0.336. The number of amides is 2. The number of carbonyl (C=O) groups excluding carboxylic acids is 2. The van der Waals surface area contributed by atoms with Crippen molar-refractivity contribution in [3.8, 4) is 17.2 Å². The van der Waals surface area contributed by atoms with Crippen LogP contribution < -0.4 is 14.2 Å². The first-order valence-electron chi connectivity index (χ1n) is 10.5. The molecule has 3 aromatic rings. The van der Waals surface area contributed by atoms with Crippen LogP contribution in [0.5, 0.6) is 17.2 Å². The van der Waals surface area contributed by atoms with Crippen LogP contribution in [0.3, 0.4) is 0 Å². The summed E-state index contributed by atoms with van der Waals surface area (Å²) in [6, 6.07) is 16.8. The van der Waals surface area contributed by atoms with Crippen LogP contribution in [0.1, 0.15) is 5.56 Å². The number of halogens is 1. The Balaban J connectivity index is 1.46. The number of ether oxygens (including phenoxy) is 3. The third kappa shape index (κ3) is 5.60. The van der Waals surface area contributed by atoms with Crippen molar-refractivity contribution in [3.63, 3.8) is 0 Å². The second-order valence-corrected chi connectivity index (χ2v) is 9.22. The summed E-state index contributed by atoms with van der Waals surface area (Å²) in [5.41, 5.74) is 0.578. The molecule has 35 heavy (non-hydrogen) atoms. The van der Waals surface area contributed by atoms with Gasteiger partial charge in [-0.3, -0.25) is 14.5 Å². The maximum atomic E-state index is 12.9. The van der Waals surface area contributed by atoms with E-state index in [1.54, 1.807) is 18.2 Å². The molecule has 8 nitrogen and oxygen atoms in total. The number of imide groups is 1. The highest BCUT2D eigenvalue weighted by Crippen LogP contribution is 2.39. The quantitative estimate of drug-likeness (QED) is 0.358. The smallest absolute Gasteiger partial charge is 0.341 e. The van der Waals surface area contributed by atoms with Gasteiger partial charge in [0.25, 0.3) is 11.1 Å². The van der Waals surface area contributed by atoms with E-state index >= 15 is 0 Å². The van der Waals surface area contributed by atoms with Crippen molar-refractivity contribution in [3.05, 3.63) is 69.5 Å². The van der Waals surface area contributed by atoms with Gasteiger partial charge in [0, 0.05) is 5.39 Å². The fourth-order valence-electron chi connectivity index (χ4n) is 3.51. The summed E-state index contributed by atoms with van der Waals surface area (Å²) in [6.07, 6.45) is 1.57. The van der Waals surface area contributed by atoms with Crippen molar-refractivity contribution < 1.29 is 33.7 Å². The predicted octanol–water partition coefficient (Wildman–Crippen LogP) is 5.19. The molecule has 0 saturated carbocycles. The zero-order valence-electron chi connectivity index (χ0n) is 18.5. The zero-order chi connectivity index (χ0) is 24.9. The van der Waals surface area contributed by atoms with E-state index in [0.717, 1.165) is 27.4 Å². The highest BCUT2D eigenvalue weighted by atomic mass is 79.9. The average molecular weight is 558 g/mol. The first kappa shape index (κ1) is 24.6. The SMILES string of the molecule is COc1cc(/C=C2\SC(=O)N(CCOc3cccc4ccccc34)C2=O)cc(Br)c1OCC(=O)O. The molecule has 1 fully saturated rings. The summed E-state index contributed by atoms with van der Waals surface area (Å²) >= 11 is 4.18. The molecule has 1 aliphatic rings. The zero-order valence-corrected chi connectivity index (χ0v) is 20.9. The third-order valence-electron chi connectivity index (χ3n) is 5.09. The van der Waals surface area contributed by atoms with E-state index in [1.807, 2.05) is 42.5 Å². The van der Waals surface area contributed by atoms with Crippen LogP contribution in [-0.2, 0) is 9.59 Å². The van der Waals surface area contributed by atoms with Gasteiger partial charge in [0.05, 0.1) is 23.0 Å². The molecule has 1 heterocycles. The number of methoxy groups -OCH3 is 1. The summed E-state index contributed by atoms with van der Waals surface area (Å²) in [4.78, 5) is 37.6. The molecule has 0 aliphatic carbocycles. The van der Waals surface area contributed by atoms with Gasteiger partial charge >= 0.3 is 5.97 Å². The fourth-order valence-corrected chi connectivity index (χ4v) is 4.95. The van der Waals surface area contributed by atoms with Crippen LogP contribution >= 0.6 is 27.7 Å². The number of carbonyl (C=O) groups is 3. The topological polar surface area (TPSA) is 102 Å². The normalized spacial score (nSPS) is 14.6. The molecule has 1 aliphatic heterocycles. The number of carboxylic acid groups (broad SMARTS) is 1. The number of thioether (sulfide) groups is 1. The number of hydrogen-bond acceptors (Lipinski definition) is 7. The number of aliphatic carboxylic acids is 1. The number of hydrogen-bond donors (Lipinski definition) is 1. The van der Waals surface area contributed by atoms with Crippen LogP contribution in [0.2, 0.25) is 0 Å². The summed E-state index contributed by atoms with van der Waals surface area (Å²) in [7, 11) is 1.42. The number of rotatable bonds is 9. The van der Waals surface area contributed by atoms with Crippen LogP contribution in [0, 0.1) is 0 Å². The molecule has 4 rings (SSSR count). The standard InChI is InChI=1S/C25H20BrNO7S/c1-32-20-12-15(11-18(26)23(20)34-14-22(28)29)13-21-24(30)27(25(31)35-21)9-10-33-19-8-4-6-16-5-2-3-7-17(16)19/h2-8,11-13H,9-10,14H2,1H3,(H,28,29)/b21-13-. The molecule has 0 aromatic heterocycles. The summed E-state index contributed by atoms with van der Waals surface area (Å²) in [5, 5.41) is 10.5. The van der Waals surface area contributed by atoms with Crippen molar-refractivity contribution >= 4 is 61.7 Å². The van der Waals surface area contributed by atoms with E-state index < -0.39 is 18.5 Å². The minimum atomic E-state index is -1.12. The number of carboxylic acids is 1. The van der Waals surface area contributed by atoms with Gasteiger partial charge in [0.2, 0.25) is 0 Å². The van der Waals surface area contributed by atoms with Gasteiger partial charge in [0.1, 0.15) is 12.4 Å². The molecular weight excluding hydrogens is 538 g/mol. The summed E-state index contributed by atoms with van der Waals surface area (Å²) in [6.45, 7) is -0.261. The molecular formula is C25H20BrNO7S. The van der Waals surface area contributed by atoms with E-state index in [1.165, 1.54) is 7.11 Å². The van der Waals surface area contributed by atoms with Gasteiger partial charge in [-0.2, -0.15) is 0 Å². The highest BCUT2D eigenvalue weighted by Gasteiger charge is 2.35. The molecule has 3 aromatic carbocycles. The van der Waals surface area contributed by atoms with Gasteiger partial charge in [0.15, 0.2) is 18.1 Å². The Morgan fingerprint density at radius 2 is 1.86 bits per heavy atom. The molecule has 10 heteroatoms. The highest BCUT2D eigenvalue weighted by molar-refractivity contribution is 9.10. The monoisotopic (exact) mass is 557 g/mol. The fraction of sp³-hybridized carbons (Fsp3) is 0.160. The average Bonchev–Trinajstić information content (AvgIpc) is 3.10. The lowest BCUT2D eigenvalue weighted by Crippen LogP contribution is -2.32. The van der Waals surface area contributed by atoms with Crippen LogP contribution in [0.25, 0.3) is 16.8 Å². The Bertz CT molecular complexity index is 1340. The lowest BCUT2D eigenvalue weighted by Gasteiger charge is -2.14. The molecule has 0 spiro atoms. The van der Waals surface area contributed by atoms with Crippen molar-refractivity contribution in [2.75, 3.05) is 26.9 Å². The number of fused-ring (bicyclic) bond motifs is 1. The molecule has 0 atom stereocenters. The molecule has 0 radical (unpaired) electrons. The molecule has 1 saturated heterocycles. The molecule has 180 valence electrons. The minimum absolute atomic E-state index is 0.111. The van der Waals surface area contributed by atoms with Crippen molar-refractivity contribution in [2.45, 2.75) is 0 Å². The second kappa shape index (κ2) is 10.8. The van der Waals surface area contributed by atoms with E-state index in [4.69, 9.17) is 19.3 Å². The van der Waals surface area contributed by atoms with E-state index in [-0.39, 0.29) is 34.8 Å². The molecule has 0 unspecified atom stereocenters. The Morgan fingerprint density at radius 3 is 2.63 bits per heavy atom. The Hall–Kier alpha value is -3.50. The van der Waals surface area contributed by atoms with Crippen LogP contribution in [-0.4, -0.2) is 54.0 Å². The van der Waals surface area contributed by atoms with Gasteiger partial charge in [-0.25, -0.2) is 4.79 Å². The Morgan fingerprint density at radius 1 is 1.09 bits per heavy atom. The van der Waals surface area contributed by atoms with Gasteiger partial charge in [-0.05, 0) is 62.9 Å². The number of benzene rings is 3. The second-order valence-electron chi connectivity index (χ2n) is 7.38. The Labute approximate surface area is 213 Å². The first-order chi connectivity index (χ1) is 16.9. The van der Waals surface area contributed by atoms with E-state index in [2.05, 4.69) is 15.9 Å². The summed E-state index contributed by atoms with van der Waals surface area (Å²) < 4.78 is 16.9. The van der Waals surface area contributed by atoms with Crippen LogP contribution in [0.15, 0.2) is 64.0 Å². The molecule has 2 amide bonds. The molecule has 1 N–H and O–H groups in total. The van der Waals surface area contributed by atoms with Crippen molar-refractivity contribution in [1.82, 2.24) is 4.90 Å². The van der Waals surface area contributed by atoms with E-state index in [9.17, 15) is 14.4 Å². The van der Waals surface area contributed by atoms with Gasteiger partial charge < -0.3 is 19.3 Å². The lowest BCUT2D eigenvalue weighted by molar-refractivity contribution is -0.139. The molecule has 0 bridgehead atoms. The lowest BCUT2D eigenvalue weighted by atomic mass is 10.1. The predicted molar refractivity (Wildman–Crippen MR) is 136 cm³/mol. The number of nitrogens with zero attached hydrogens (tertiary/aromatic N) is 1. The van der Waals surface area contributed by atoms with E-state index in [0.29, 0.717) is 15.8 Å².